The molecule has 35 heavy (non-hydrogen) atoms. The molecular formula is C25H33N5O4S. The fraction of sp³-hybridized carbons (Fsp3) is 0.480. The van der Waals surface area contributed by atoms with Gasteiger partial charge in [0.2, 0.25) is 15.9 Å². The zero-order valence-corrected chi connectivity index (χ0v) is 21.3. The van der Waals surface area contributed by atoms with Gasteiger partial charge < -0.3 is 14.6 Å². The van der Waals surface area contributed by atoms with Crippen LogP contribution in [-0.4, -0.2) is 53.9 Å². The summed E-state index contributed by atoms with van der Waals surface area (Å²) in [5.74, 6) is 2.08. The van der Waals surface area contributed by atoms with E-state index in [9.17, 15) is 13.2 Å². The first-order valence-electron chi connectivity index (χ1n) is 12.0. The molecule has 188 valence electrons. The van der Waals surface area contributed by atoms with Crippen molar-refractivity contribution in [3.63, 3.8) is 0 Å². The highest BCUT2D eigenvalue weighted by Crippen LogP contribution is 2.27. The standard InChI is InChI=1S/C25H33N5O4S/c1-29(2)35(32,33)19-11-12-21-20(16-19)27-23(30(21)3)13-14-24(31)28-25-22(10-7-15-26-25)34-17-18-8-5-4-6-9-18/h7,10-12,15-16,18H,4-6,8-9,13-14,17H2,1-3H3,(H,26,28,31). The summed E-state index contributed by atoms with van der Waals surface area (Å²) >= 11 is 0. The molecule has 0 unspecified atom stereocenters. The highest BCUT2D eigenvalue weighted by atomic mass is 32.2. The van der Waals surface area contributed by atoms with Crippen LogP contribution in [0.3, 0.4) is 0 Å². The van der Waals surface area contributed by atoms with Crippen LogP contribution in [0.1, 0.15) is 44.3 Å². The number of benzene rings is 1. The number of rotatable bonds is 9. The SMILES string of the molecule is CN(C)S(=O)(=O)c1ccc2c(c1)nc(CCC(=O)Nc1ncccc1OCC1CCCCC1)n2C. The maximum Gasteiger partial charge on any atom is 0.242 e. The van der Waals surface area contributed by atoms with Gasteiger partial charge in [-0.25, -0.2) is 22.7 Å². The second kappa shape index (κ2) is 10.7. The van der Waals surface area contributed by atoms with Gasteiger partial charge in [-0.05, 0) is 49.1 Å². The predicted molar refractivity (Wildman–Crippen MR) is 135 cm³/mol. The summed E-state index contributed by atoms with van der Waals surface area (Å²) < 4.78 is 33.9. The number of imidazole rings is 1. The minimum Gasteiger partial charge on any atom is -0.489 e. The van der Waals surface area contributed by atoms with E-state index in [1.165, 1.54) is 50.5 Å². The fourth-order valence-corrected chi connectivity index (χ4v) is 5.33. The number of hydrogen-bond donors (Lipinski definition) is 1. The summed E-state index contributed by atoms with van der Waals surface area (Å²) in [7, 11) is 1.30. The van der Waals surface area contributed by atoms with Crippen LogP contribution in [0.25, 0.3) is 11.0 Å². The Labute approximate surface area is 206 Å². The van der Waals surface area contributed by atoms with Gasteiger partial charge in [0.1, 0.15) is 5.82 Å². The van der Waals surface area contributed by atoms with E-state index in [-0.39, 0.29) is 17.2 Å². The van der Waals surface area contributed by atoms with Gasteiger partial charge >= 0.3 is 0 Å². The lowest BCUT2D eigenvalue weighted by molar-refractivity contribution is -0.116. The molecular weight excluding hydrogens is 466 g/mol. The van der Waals surface area contributed by atoms with Gasteiger partial charge in [0.25, 0.3) is 0 Å². The van der Waals surface area contributed by atoms with Crippen molar-refractivity contribution in [1.82, 2.24) is 18.8 Å². The van der Waals surface area contributed by atoms with Crippen LogP contribution >= 0.6 is 0 Å². The van der Waals surface area contributed by atoms with Gasteiger partial charge in [-0.3, -0.25) is 4.79 Å². The number of nitrogens with zero attached hydrogens (tertiary/aromatic N) is 4. The molecule has 4 rings (SSSR count). The molecule has 1 fully saturated rings. The molecule has 2 aromatic heterocycles. The highest BCUT2D eigenvalue weighted by molar-refractivity contribution is 7.89. The van der Waals surface area contributed by atoms with Gasteiger partial charge in [-0.2, -0.15) is 0 Å². The summed E-state index contributed by atoms with van der Waals surface area (Å²) in [6.07, 6.45) is 8.40. The second-order valence-corrected chi connectivity index (χ2v) is 11.4. The summed E-state index contributed by atoms with van der Waals surface area (Å²) in [5.41, 5.74) is 1.38. The molecule has 3 aromatic rings. The van der Waals surface area contributed by atoms with E-state index < -0.39 is 10.0 Å². The first-order chi connectivity index (χ1) is 16.8. The van der Waals surface area contributed by atoms with E-state index >= 15 is 0 Å². The number of aromatic nitrogens is 3. The third kappa shape index (κ3) is 5.82. The maximum absolute atomic E-state index is 12.7. The summed E-state index contributed by atoms with van der Waals surface area (Å²) in [4.78, 5) is 21.8. The topological polar surface area (TPSA) is 106 Å². The van der Waals surface area contributed by atoms with Crippen LogP contribution in [0.4, 0.5) is 5.82 Å². The summed E-state index contributed by atoms with van der Waals surface area (Å²) in [6, 6.07) is 8.52. The summed E-state index contributed by atoms with van der Waals surface area (Å²) in [5, 5.41) is 2.87. The third-order valence-corrected chi connectivity index (χ3v) is 8.34. The number of sulfonamides is 1. The first-order valence-corrected chi connectivity index (χ1v) is 13.5. The van der Waals surface area contributed by atoms with Gasteiger partial charge in [0.05, 0.1) is 22.5 Å². The Morgan fingerprint density at radius 1 is 1.20 bits per heavy atom. The molecule has 2 heterocycles. The van der Waals surface area contributed by atoms with Crippen LogP contribution in [0, 0.1) is 5.92 Å². The van der Waals surface area contributed by atoms with Crippen molar-refractivity contribution in [1.29, 1.82) is 0 Å². The Hall–Kier alpha value is -2.98. The lowest BCUT2D eigenvalue weighted by Crippen LogP contribution is -2.22. The molecule has 0 bridgehead atoms. The molecule has 0 aliphatic heterocycles. The average Bonchev–Trinajstić information content (AvgIpc) is 3.17. The fourth-order valence-electron chi connectivity index (χ4n) is 4.41. The number of carbonyl (C=O) groups is 1. The lowest BCUT2D eigenvalue weighted by Gasteiger charge is -2.22. The number of nitrogens with one attached hydrogen (secondary N) is 1. The monoisotopic (exact) mass is 499 g/mol. The smallest absolute Gasteiger partial charge is 0.242 e. The zero-order valence-electron chi connectivity index (χ0n) is 20.5. The normalized spacial score (nSPS) is 15.0. The number of aryl methyl sites for hydroxylation is 2. The first kappa shape index (κ1) is 25.1. The Morgan fingerprint density at radius 3 is 2.71 bits per heavy atom. The van der Waals surface area contributed by atoms with Gasteiger partial charge in [-0.1, -0.05) is 19.3 Å². The number of hydrogen-bond acceptors (Lipinski definition) is 6. The van der Waals surface area contributed by atoms with Gasteiger partial charge in [-0.15, -0.1) is 0 Å². The molecule has 1 saturated carbocycles. The van der Waals surface area contributed by atoms with Crippen LogP contribution in [0.15, 0.2) is 41.4 Å². The molecule has 0 saturated heterocycles. The Balaban J connectivity index is 1.40. The second-order valence-electron chi connectivity index (χ2n) is 9.24. The van der Waals surface area contributed by atoms with Crippen molar-refractivity contribution in [3.05, 3.63) is 42.4 Å². The third-order valence-electron chi connectivity index (χ3n) is 6.53. The van der Waals surface area contributed by atoms with E-state index in [0.29, 0.717) is 41.9 Å². The Morgan fingerprint density at radius 2 is 1.97 bits per heavy atom. The minimum atomic E-state index is -3.55. The van der Waals surface area contributed by atoms with Crippen molar-refractivity contribution >= 4 is 32.8 Å². The van der Waals surface area contributed by atoms with Crippen molar-refractivity contribution in [2.45, 2.75) is 49.8 Å². The summed E-state index contributed by atoms with van der Waals surface area (Å²) in [6.45, 7) is 0.639. The van der Waals surface area contributed by atoms with E-state index in [2.05, 4.69) is 15.3 Å². The number of fused-ring (bicyclic) bond motifs is 1. The van der Waals surface area contributed by atoms with E-state index in [0.717, 1.165) is 5.52 Å². The van der Waals surface area contributed by atoms with Crippen molar-refractivity contribution in [2.75, 3.05) is 26.0 Å². The van der Waals surface area contributed by atoms with Gasteiger partial charge in [0, 0.05) is 40.2 Å². The molecule has 1 aliphatic carbocycles. The maximum atomic E-state index is 12.7. The number of pyridine rings is 1. The van der Waals surface area contributed by atoms with Gasteiger partial charge in [0.15, 0.2) is 11.6 Å². The lowest BCUT2D eigenvalue weighted by atomic mass is 9.90. The van der Waals surface area contributed by atoms with Crippen molar-refractivity contribution < 1.29 is 17.9 Å². The number of ether oxygens (including phenoxy) is 1. The highest BCUT2D eigenvalue weighted by Gasteiger charge is 2.20. The van der Waals surface area contributed by atoms with E-state index in [4.69, 9.17) is 4.74 Å². The van der Waals surface area contributed by atoms with Crippen molar-refractivity contribution in [3.8, 4) is 5.75 Å². The van der Waals surface area contributed by atoms with E-state index in [1.807, 2.05) is 17.7 Å². The average molecular weight is 500 g/mol. The van der Waals surface area contributed by atoms with E-state index in [1.54, 1.807) is 30.5 Å². The molecule has 0 atom stereocenters. The van der Waals surface area contributed by atoms with Crippen LogP contribution in [0.2, 0.25) is 0 Å². The molecule has 1 aromatic carbocycles. The molecule has 10 heteroatoms. The molecule has 1 amide bonds. The van der Waals surface area contributed by atoms with Crippen LogP contribution in [0.5, 0.6) is 5.75 Å². The predicted octanol–water partition coefficient (Wildman–Crippen LogP) is 3.75. The van der Waals surface area contributed by atoms with Crippen LogP contribution in [-0.2, 0) is 28.3 Å². The quantitative estimate of drug-likeness (QED) is 0.481. The Kier molecular flexibility index (Phi) is 7.71. The minimum absolute atomic E-state index is 0.186. The Bertz CT molecular complexity index is 1300. The van der Waals surface area contributed by atoms with Crippen molar-refractivity contribution in [2.24, 2.45) is 13.0 Å². The number of anilines is 1. The van der Waals surface area contributed by atoms with Crippen LogP contribution < -0.4 is 10.1 Å². The molecule has 1 aliphatic rings. The molecule has 9 nitrogen and oxygen atoms in total. The number of carbonyl (C=O) groups excluding carboxylic acids is 1. The number of amides is 1. The molecule has 1 N–H and O–H groups in total. The largest absolute Gasteiger partial charge is 0.489 e. The molecule has 0 spiro atoms. The zero-order chi connectivity index (χ0) is 25.0. The molecule has 0 radical (unpaired) electrons.